The number of carbonyl (C=O) groups is 2. The molecule has 1 saturated heterocycles. The Hall–Kier alpha value is -1.26. The number of carbonyl (C=O) groups excluding carboxylic acids is 1. The van der Waals surface area contributed by atoms with Gasteiger partial charge in [0.05, 0.1) is 5.92 Å². The van der Waals surface area contributed by atoms with Crippen LogP contribution >= 0.6 is 0 Å². The Morgan fingerprint density at radius 2 is 1.70 bits per heavy atom. The fraction of sp³-hybridized carbons (Fsp3) is 0.867. The second kappa shape index (κ2) is 5.62. The molecular formula is C15H27NO4. The lowest BCUT2D eigenvalue weighted by Gasteiger charge is -2.43. The Morgan fingerprint density at radius 3 is 2.10 bits per heavy atom. The summed E-state index contributed by atoms with van der Waals surface area (Å²) < 4.78 is 5.37. The number of piperidine rings is 1. The summed E-state index contributed by atoms with van der Waals surface area (Å²) in [6, 6.07) is 0. The standard InChI is InChI=1S/C15H27NO4/c1-14(2,3)11-9-16(8-7-10(11)12(17)18)13(19)20-15(4,5)6/h10-11H,7-9H2,1-6H3,(H,17,18). The SMILES string of the molecule is CC(C)(C)OC(=O)N1CCC(C(=O)O)C(C(C)(C)C)C1. The maximum Gasteiger partial charge on any atom is 0.410 e. The first-order valence-electron chi connectivity index (χ1n) is 7.12. The van der Waals surface area contributed by atoms with Gasteiger partial charge in [-0.3, -0.25) is 4.79 Å². The molecule has 1 aliphatic heterocycles. The van der Waals surface area contributed by atoms with E-state index in [0.717, 1.165) is 0 Å². The van der Waals surface area contributed by atoms with Crippen LogP contribution in [0, 0.1) is 17.3 Å². The van der Waals surface area contributed by atoms with Crippen molar-refractivity contribution in [3.8, 4) is 0 Å². The molecule has 0 aliphatic carbocycles. The van der Waals surface area contributed by atoms with E-state index in [1.54, 1.807) is 4.90 Å². The van der Waals surface area contributed by atoms with Crippen molar-refractivity contribution in [2.45, 2.75) is 53.6 Å². The van der Waals surface area contributed by atoms with Gasteiger partial charge in [0, 0.05) is 13.1 Å². The van der Waals surface area contributed by atoms with Gasteiger partial charge in [-0.1, -0.05) is 20.8 Å². The molecule has 0 bridgehead atoms. The molecule has 0 aromatic rings. The van der Waals surface area contributed by atoms with Gasteiger partial charge in [-0.2, -0.15) is 0 Å². The number of carboxylic acid groups (broad SMARTS) is 1. The third-order valence-corrected chi connectivity index (χ3v) is 3.69. The molecule has 1 rings (SSSR count). The summed E-state index contributed by atoms with van der Waals surface area (Å²) in [7, 11) is 0. The van der Waals surface area contributed by atoms with Gasteiger partial charge >= 0.3 is 12.1 Å². The molecule has 1 N–H and O–H groups in total. The number of hydrogen-bond donors (Lipinski definition) is 1. The molecule has 5 nitrogen and oxygen atoms in total. The average Bonchev–Trinajstić information content (AvgIpc) is 2.24. The van der Waals surface area contributed by atoms with Gasteiger partial charge in [0.15, 0.2) is 0 Å². The zero-order valence-corrected chi connectivity index (χ0v) is 13.4. The summed E-state index contributed by atoms with van der Waals surface area (Å²) in [6.07, 6.45) is 0.131. The fourth-order valence-corrected chi connectivity index (χ4v) is 2.62. The predicted molar refractivity (Wildman–Crippen MR) is 76.5 cm³/mol. The summed E-state index contributed by atoms with van der Waals surface area (Å²) in [5, 5.41) is 9.35. The molecule has 2 atom stereocenters. The normalized spacial score (nSPS) is 24.4. The third kappa shape index (κ3) is 4.39. The van der Waals surface area contributed by atoms with E-state index in [1.165, 1.54) is 0 Å². The first-order chi connectivity index (χ1) is 8.92. The van der Waals surface area contributed by atoms with Crippen molar-refractivity contribution in [1.82, 2.24) is 4.90 Å². The van der Waals surface area contributed by atoms with Crippen molar-refractivity contribution in [2.24, 2.45) is 17.3 Å². The second-order valence-electron chi connectivity index (χ2n) is 7.63. The van der Waals surface area contributed by atoms with E-state index in [1.807, 2.05) is 41.5 Å². The number of carboxylic acids is 1. The van der Waals surface area contributed by atoms with Crippen LogP contribution in [0.1, 0.15) is 48.0 Å². The molecule has 1 heterocycles. The molecule has 20 heavy (non-hydrogen) atoms. The fourth-order valence-electron chi connectivity index (χ4n) is 2.62. The van der Waals surface area contributed by atoms with Crippen molar-refractivity contribution >= 4 is 12.1 Å². The van der Waals surface area contributed by atoms with E-state index < -0.39 is 17.5 Å². The Morgan fingerprint density at radius 1 is 1.15 bits per heavy atom. The summed E-state index contributed by atoms with van der Waals surface area (Å²) >= 11 is 0. The van der Waals surface area contributed by atoms with Crippen LogP contribution in [0.4, 0.5) is 4.79 Å². The average molecular weight is 285 g/mol. The van der Waals surface area contributed by atoms with Crippen LogP contribution in [0.5, 0.6) is 0 Å². The molecule has 0 radical (unpaired) electrons. The number of nitrogens with zero attached hydrogens (tertiary/aromatic N) is 1. The Kier molecular flexibility index (Phi) is 4.72. The van der Waals surface area contributed by atoms with Crippen LogP contribution < -0.4 is 0 Å². The second-order valence-corrected chi connectivity index (χ2v) is 7.63. The molecule has 0 aromatic carbocycles. The molecule has 5 heteroatoms. The molecule has 0 spiro atoms. The van der Waals surface area contributed by atoms with E-state index in [-0.39, 0.29) is 17.4 Å². The van der Waals surface area contributed by atoms with Crippen LogP contribution in [0.2, 0.25) is 0 Å². The lowest BCUT2D eigenvalue weighted by molar-refractivity contribution is -0.148. The van der Waals surface area contributed by atoms with Crippen LogP contribution in [-0.2, 0) is 9.53 Å². The highest BCUT2D eigenvalue weighted by Crippen LogP contribution is 2.38. The third-order valence-electron chi connectivity index (χ3n) is 3.69. The summed E-state index contributed by atoms with van der Waals surface area (Å²) in [5.74, 6) is -1.23. The highest BCUT2D eigenvalue weighted by atomic mass is 16.6. The van der Waals surface area contributed by atoms with Gasteiger partial charge < -0.3 is 14.7 Å². The first-order valence-corrected chi connectivity index (χ1v) is 7.12. The van der Waals surface area contributed by atoms with Gasteiger partial charge in [-0.05, 0) is 38.5 Å². The number of ether oxygens (including phenoxy) is 1. The minimum absolute atomic E-state index is 0.0683. The maximum absolute atomic E-state index is 12.1. The highest BCUT2D eigenvalue weighted by Gasteiger charge is 2.42. The van der Waals surface area contributed by atoms with Crippen molar-refractivity contribution in [3.05, 3.63) is 0 Å². The van der Waals surface area contributed by atoms with Crippen molar-refractivity contribution in [3.63, 3.8) is 0 Å². The van der Waals surface area contributed by atoms with Gasteiger partial charge in [0.25, 0.3) is 0 Å². The van der Waals surface area contributed by atoms with Crippen molar-refractivity contribution < 1.29 is 19.4 Å². The van der Waals surface area contributed by atoms with Crippen LogP contribution in [0.15, 0.2) is 0 Å². The molecule has 0 saturated carbocycles. The summed E-state index contributed by atoms with van der Waals surface area (Å²) in [5.41, 5.74) is -0.693. The monoisotopic (exact) mass is 285 g/mol. The van der Waals surface area contributed by atoms with Crippen LogP contribution in [0.3, 0.4) is 0 Å². The Balaban J connectivity index is 2.82. The van der Waals surface area contributed by atoms with Gasteiger partial charge in [-0.15, -0.1) is 0 Å². The van der Waals surface area contributed by atoms with Crippen molar-refractivity contribution in [1.29, 1.82) is 0 Å². The summed E-state index contributed by atoms with van der Waals surface area (Å²) in [4.78, 5) is 25.1. The molecular weight excluding hydrogens is 258 g/mol. The van der Waals surface area contributed by atoms with Crippen molar-refractivity contribution in [2.75, 3.05) is 13.1 Å². The minimum Gasteiger partial charge on any atom is -0.481 e. The lowest BCUT2D eigenvalue weighted by Crippen LogP contribution is -2.51. The van der Waals surface area contributed by atoms with E-state index >= 15 is 0 Å². The first kappa shape index (κ1) is 16.8. The zero-order chi connectivity index (χ0) is 15.7. The molecule has 1 aliphatic rings. The van der Waals surface area contributed by atoms with E-state index in [0.29, 0.717) is 19.5 Å². The molecule has 2 unspecified atom stereocenters. The summed E-state index contributed by atoms with van der Waals surface area (Å²) in [6.45, 7) is 12.4. The topological polar surface area (TPSA) is 66.8 Å². The van der Waals surface area contributed by atoms with Gasteiger partial charge in [0.2, 0.25) is 0 Å². The highest BCUT2D eigenvalue weighted by molar-refractivity contribution is 5.72. The Bertz CT molecular complexity index is 378. The zero-order valence-electron chi connectivity index (χ0n) is 13.4. The van der Waals surface area contributed by atoms with E-state index in [4.69, 9.17) is 4.74 Å². The smallest absolute Gasteiger partial charge is 0.410 e. The molecule has 0 aromatic heterocycles. The number of rotatable bonds is 1. The molecule has 1 amide bonds. The van der Waals surface area contributed by atoms with E-state index in [2.05, 4.69) is 0 Å². The minimum atomic E-state index is -0.770. The maximum atomic E-state index is 12.1. The van der Waals surface area contributed by atoms with Crippen LogP contribution in [0.25, 0.3) is 0 Å². The number of amides is 1. The van der Waals surface area contributed by atoms with Gasteiger partial charge in [-0.25, -0.2) is 4.79 Å². The van der Waals surface area contributed by atoms with Crippen LogP contribution in [-0.4, -0.2) is 40.8 Å². The predicted octanol–water partition coefficient (Wildman–Crippen LogP) is 2.99. The van der Waals surface area contributed by atoms with E-state index in [9.17, 15) is 14.7 Å². The quantitative estimate of drug-likeness (QED) is 0.804. The number of aliphatic carboxylic acids is 1. The largest absolute Gasteiger partial charge is 0.481 e. The molecule has 116 valence electrons. The Labute approximate surface area is 121 Å². The number of likely N-dealkylation sites (tertiary alicyclic amines) is 1. The molecule has 1 fully saturated rings. The number of hydrogen-bond acceptors (Lipinski definition) is 3. The van der Waals surface area contributed by atoms with Gasteiger partial charge in [0.1, 0.15) is 5.60 Å². The lowest BCUT2D eigenvalue weighted by atomic mass is 9.70.